The zero-order valence-electron chi connectivity index (χ0n) is 9.39. The van der Waals surface area contributed by atoms with Crippen molar-refractivity contribution >= 4 is 6.01 Å². The highest BCUT2D eigenvalue weighted by molar-refractivity contribution is 5.35. The predicted octanol–water partition coefficient (Wildman–Crippen LogP) is 2.40. The van der Waals surface area contributed by atoms with Crippen LogP contribution >= 0.6 is 0 Å². The minimum absolute atomic E-state index is 0.0283. The van der Waals surface area contributed by atoms with Gasteiger partial charge in [-0.3, -0.25) is 0 Å². The molecule has 0 aliphatic heterocycles. The molecule has 2 nitrogen and oxygen atoms in total. The molecule has 0 aromatic rings. The number of aliphatic imine (C=N–C) groups is 1. The lowest BCUT2D eigenvalue weighted by Gasteiger charge is -2.14. The summed E-state index contributed by atoms with van der Waals surface area (Å²) in [6, 6.07) is 3.02. The van der Waals surface area contributed by atoms with Gasteiger partial charge in [0.15, 0.2) is 5.54 Å². The van der Waals surface area contributed by atoms with Crippen molar-refractivity contribution in [3.05, 3.63) is 0 Å². The van der Waals surface area contributed by atoms with Crippen molar-refractivity contribution in [2.45, 2.75) is 52.6 Å². The van der Waals surface area contributed by atoms with Crippen LogP contribution in [0.4, 0.5) is 0 Å². The minimum atomic E-state index is -0.0283. The third kappa shape index (κ3) is 5.09. The van der Waals surface area contributed by atoms with E-state index in [0.717, 1.165) is 0 Å². The number of hydrogen-bond donors (Lipinski definition) is 0. The second kappa shape index (κ2) is 3.40. The van der Waals surface area contributed by atoms with Crippen LogP contribution < -0.4 is 0 Å². The van der Waals surface area contributed by atoms with E-state index in [1.807, 2.05) is 11.6 Å². The van der Waals surface area contributed by atoms with Gasteiger partial charge in [0.05, 0.1) is 7.05 Å². The highest BCUT2D eigenvalue weighted by Crippen LogP contribution is 2.06. The third-order valence-electron chi connectivity index (χ3n) is 1.54. The highest BCUT2D eigenvalue weighted by atomic mass is 15.1. The topological polar surface area (TPSA) is 15.4 Å². The first-order valence-corrected chi connectivity index (χ1v) is 4.34. The van der Waals surface area contributed by atoms with Crippen LogP contribution in [0.25, 0.3) is 0 Å². The summed E-state index contributed by atoms with van der Waals surface area (Å²) in [5, 5.41) is 0. The molecule has 0 amide bonds. The van der Waals surface area contributed by atoms with Crippen molar-refractivity contribution in [2.75, 3.05) is 7.05 Å². The first-order valence-electron chi connectivity index (χ1n) is 4.34. The van der Waals surface area contributed by atoms with Crippen LogP contribution in [0.1, 0.15) is 41.5 Å². The van der Waals surface area contributed by atoms with Gasteiger partial charge in [0.25, 0.3) is 0 Å². The van der Waals surface area contributed by atoms with Crippen molar-refractivity contribution in [3.63, 3.8) is 0 Å². The average molecular weight is 169 g/mol. The zero-order valence-corrected chi connectivity index (χ0v) is 9.39. The molecular formula is C10H21N2+. The Bertz CT molecular complexity index is 207. The van der Waals surface area contributed by atoms with E-state index in [2.05, 4.69) is 52.5 Å². The Morgan fingerprint density at radius 2 is 1.42 bits per heavy atom. The lowest BCUT2D eigenvalue weighted by molar-refractivity contribution is -0.564. The highest BCUT2D eigenvalue weighted by Gasteiger charge is 2.18. The summed E-state index contributed by atoms with van der Waals surface area (Å²) in [7, 11) is 2.00. The molecule has 0 fully saturated rings. The lowest BCUT2D eigenvalue weighted by atomic mass is 10.1. The van der Waals surface area contributed by atoms with Gasteiger partial charge in [-0.05, 0) is 46.5 Å². The molecule has 0 unspecified atom stereocenters. The molecule has 2 heteroatoms. The van der Waals surface area contributed by atoms with Gasteiger partial charge in [0, 0.05) is 0 Å². The summed E-state index contributed by atoms with van der Waals surface area (Å²) in [6.45, 7) is 12.6. The molecule has 0 N–H and O–H groups in total. The maximum atomic E-state index is 4.30. The Morgan fingerprint density at radius 1 is 1.00 bits per heavy atom. The van der Waals surface area contributed by atoms with Crippen LogP contribution in [-0.4, -0.2) is 28.7 Å². The molecule has 0 aliphatic carbocycles. The molecule has 0 radical (unpaired) electrons. The SMILES string of the molecule is C[N+](=C=NC(C)(C)C)C(C)(C)C. The molecule has 12 heavy (non-hydrogen) atoms. The van der Waals surface area contributed by atoms with Gasteiger partial charge in [0.1, 0.15) is 5.54 Å². The first kappa shape index (κ1) is 11.4. The molecule has 0 saturated carbocycles. The van der Waals surface area contributed by atoms with Gasteiger partial charge in [-0.15, -0.1) is 0 Å². The van der Waals surface area contributed by atoms with E-state index in [1.54, 1.807) is 0 Å². The Balaban J connectivity index is 4.69. The summed E-state index contributed by atoms with van der Waals surface area (Å²) < 4.78 is 2.00. The quantitative estimate of drug-likeness (QED) is 0.391. The molecule has 0 spiro atoms. The Kier molecular flexibility index (Phi) is 3.23. The van der Waals surface area contributed by atoms with E-state index >= 15 is 0 Å². The van der Waals surface area contributed by atoms with E-state index in [-0.39, 0.29) is 11.1 Å². The summed E-state index contributed by atoms with van der Waals surface area (Å²) in [6.07, 6.45) is 0. The number of hydrogen-bond acceptors (Lipinski definition) is 1. The predicted molar refractivity (Wildman–Crippen MR) is 53.1 cm³/mol. The van der Waals surface area contributed by atoms with Crippen LogP contribution in [0.3, 0.4) is 0 Å². The van der Waals surface area contributed by atoms with Crippen LogP contribution in [0.15, 0.2) is 4.99 Å². The van der Waals surface area contributed by atoms with Gasteiger partial charge >= 0.3 is 6.01 Å². The van der Waals surface area contributed by atoms with Crippen molar-refractivity contribution < 1.29 is 4.58 Å². The first-order chi connectivity index (χ1) is 5.13. The van der Waals surface area contributed by atoms with Crippen LogP contribution in [0.5, 0.6) is 0 Å². The third-order valence-corrected chi connectivity index (χ3v) is 1.54. The Hall–Kier alpha value is -0.620. The van der Waals surface area contributed by atoms with Crippen LogP contribution in [0.2, 0.25) is 0 Å². The van der Waals surface area contributed by atoms with Crippen molar-refractivity contribution in [1.29, 1.82) is 0 Å². The molecule has 70 valence electrons. The van der Waals surface area contributed by atoms with E-state index in [4.69, 9.17) is 0 Å². The molecule has 0 rings (SSSR count). The maximum Gasteiger partial charge on any atom is 0.307 e. The van der Waals surface area contributed by atoms with Crippen molar-refractivity contribution in [1.82, 2.24) is 0 Å². The molecule has 0 aliphatic rings. The van der Waals surface area contributed by atoms with Crippen LogP contribution in [-0.2, 0) is 0 Å². The number of nitrogens with zero attached hydrogens (tertiary/aromatic N) is 2. The standard InChI is InChI=1S/C10H21N2/c1-9(2,3)11-8-12(7)10(4,5)6/h1-7H3/q+1. The molecule has 0 saturated heterocycles. The number of rotatable bonds is 0. The fraction of sp³-hybridized carbons (Fsp3) is 0.900. The van der Waals surface area contributed by atoms with Crippen molar-refractivity contribution in [2.24, 2.45) is 4.99 Å². The smallest absolute Gasteiger partial charge is 0.218 e. The Morgan fingerprint density at radius 3 is 1.67 bits per heavy atom. The lowest BCUT2D eigenvalue weighted by Crippen LogP contribution is -2.29. The molecule has 0 atom stereocenters. The average Bonchev–Trinajstić information content (AvgIpc) is 1.78. The van der Waals surface area contributed by atoms with E-state index in [0.29, 0.717) is 0 Å². The second-order valence-corrected chi connectivity index (χ2v) is 5.11. The molecular weight excluding hydrogens is 148 g/mol. The zero-order chi connectivity index (χ0) is 9.99. The van der Waals surface area contributed by atoms with Gasteiger partial charge in [-0.1, -0.05) is 0 Å². The van der Waals surface area contributed by atoms with Crippen molar-refractivity contribution in [3.8, 4) is 0 Å². The fourth-order valence-electron chi connectivity index (χ4n) is 0.375. The normalized spacial score (nSPS) is 12.2. The molecule has 0 aromatic carbocycles. The summed E-state index contributed by atoms with van der Waals surface area (Å²) in [5.41, 5.74) is 0.0776. The molecule has 0 aromatic heterocycles. The van der Waals surface area contributed by atoms with Gasteiger partial charge in [-0.2, -0.15) is 0 Å². The summed E-state index contributed by atoms with van der Waals surface area (Å²) >= 11 is 0. The largest absolute Gasteiger partial charge is 0.307 e. The van der Waals surface area contributed by atoms with Gasteiger partial charge in [0.2, 0.25) is 0 Å². The minimum Gasteiger partial charge on any atom is -0.218 e. The maximum absolute atomic E-state index is 4.30. The Labute approximate surface area is 76.0 Å². The molecule has 0 heterocycles. The van der Waals surface area contributed by atoms with Gasteiger partial charge in [-0.25, -0.2) is 4.58 Å². The van der Waals surface area contributed by atoms with Crippen LogP contribution in [0, 0.1) is 0 Å². The van der Waals surface area contributed by atoms with E-state index < -0.39 is 0 Å². The van der Waals surface area contributed by atoms with E-state index in [9.17, 15) is 0 Å². The summed E-state index contributed by atoms with van der Waals surface area (Å²) in [5.74, 6) is 0. The monoisotopic (exact) mass is 169 g/mol. The second-order valence-electron chi connectivity index (χ2n) is 5.11. The van der Waals surface area contributed by atoms with Gasteiger partial charge < -0.3 is 0 Å². The molecule has 0 bridgehead atoms. The fourth-order valence-corrected chi connectivity index (χ4v) is 0.375. The van der Waals surface area contributed by atoms with E-state index in [1.165, 1.54) is 0 Å². The summed E-state index contributed by atoms with van der Waals surface area (Å²) in [4.78, 5) is 4.30.